The second-order valence-corrected chi connectivity index (χ2v) is 7.91. The van der Waals surface area contributed by atoms with Gasteiger partial charge < -0.3 is 5.32 Å². The Kier molecular flexibility index (Phi) is 7.08. The first kappa shape index (κ1) is 20.8. The van der Waals surface area contributed by atoms with E-state index in [-0.39, 0.29) is 11.7 Å². The molecule has 0 bridgehead atoms. The molecule has 0 saturated heterocycles. The molecule has 0 saturated carbocycles. The fraction of sp³-hybridized carbons (Fsp3) is 0.167. The third-order valence-electron chi connectivity index (χ3n) is 4.71. The monoisotopic (exact) mass is 429 g/mol. The number of nitrogens with zero attached hydrogens (tertiary/aromatic N) is 4. The Bertz CT molecular complexity index is 1100. The minimum Gasteiger partial charge on any atom is -0.355 e. The van der Waals surface area contributed by atoms with Gasteiger partial charge in [0.1, 0.15) is 5.69 Å². The highest BCUT2D eigenvalue weighted by molar-refractivity contribution is 7.99. The average Bonchev–Trinajstić information content (AvgIpc) is 3.22. The van der Waals surface area contributed by atoms with Crippen molar-refractivity contribution in [3.05, 3.63) is 96.2 Å². The van der Waals surface area contributed by atoms with Crippen molar-refractivity contribution in [2.75, 3.05) is 12.3 Å². The lowest BCUT2D eigenvalue weighted by Crippen LogP contribution is -2.27. The number of rotatable bonds is 9. The zero-order chi connectivity index (χ0) is 21.3. The molecule has 2 aromatic heterocycles. The average molecular weight is 430 g/mol. The lowest BCUT2D eigenvalue weighted by atomic mass is 10.1. The topological polar surface area (TPSA) is 72.7 Å². The van der Waals surface area contributed by atoms with Gasteiger partial charge in [0.25, 0.3) is 0 Å². The van der Waals surface area contributed by atoms with Crippen LogP contribution in [0.5, 0.6) is 0 Å². The predicted molar refractivity (Wildman–Crippen MR) is 123 cm³/mol. The van der Waals surface area contributed by atoms with Gasteiger partial charge in [0.15, 0.2) is 11.0 Å². The van der Waals surface area contributed by atoms with Gasteiger partial charge in [0.2, 0.25) is 5.91 Å². The number of pyridine rings is 1. The highest BCUT2D eigenvalue weighted by atomic mass is 32.2. The molecular formula is C24H23N5OS. The molecule has 4 aromatic rings. The molecule has 1 N–H and O–H groups in total. The standard InChI is InChI=1S/C24H23N5OS/c30-22(26-16-14-19-9-3-1-4-10-19)18-31-24-28-27-23(21-13-7-8-15-25-21)29(24)17-20-11-5-2-6-12-20/h1-13,15H,14,16-18H2,(H,26,30). The van der Waals surface area contributed by atoms with Crippen molar-refractivity contribution >= 4 is 17.7 Å². The number of carbonyl (C=O) groups excluding carboxylic acids is 1. The van der Waals surface area contributed by atoms with Gasteiger partial charge in [-0.1, -0.05) is 78.5 Å². The predicted octanol–water partition coefficient (Wildman–Crippen LogP) is 3.84. The van der Waals surface area contributed by atoms with Crippen molar-refractivity contribution in [3.63, 3.8) is 0 Å². The Morgan fingerprint density at radius 2 is 1.58 bits per heavy atom. The van der Waals surface area contributed by atoms with Gasteiger partial charge in [-0.3, -0.25) is 14.3 Å². The Balaban J connectivity index is 1.42. The molecule has 0 aliphatic carbocycles. The van der Waals surface area contributed by atoms with Crippen molar-refractivity contribution in [2.24, 2.45) is 0 Å². The van der Waals surface area contributed by atoms with Crippen LogP contribution in [0.15, 0.2) is 90.2 Å². The first-order chi connectivity index (χ1) is 15.3. The number of carbonyl (C=O) groups is 1. The third kappa shape index (κ3) is 5.79. The Morgan fingerprint density at radius 1 is 0.871 bits per heavy atom. The molecule has 7 heteroatoms. The summed E-state index contributed by atoms with van der Waals surface area (Å²) in [6, 6.07) is 26.0. The van der Waals surface area contributed by atoms with E-state index in [0.29, 0.717) is 24.1 Å². The van der Waals surface area contributed by atoms with E-state index in [1.807, 2.05) is 59.2 Å². The van der Waals surface area contributed by atoms with Gasteiger partial charge in [0, 0.05) is 12.7 Å². The molecule has 0 spiro atoms. The van der Waals surface area contributed by atoms with Crippen molar-refractivity contribution in [1.29, 1.82) is 0 Å². The molecule has 6 nitrogen and oxygen atoms in total. The van der Waals surface area contributed by atoms with Crippen LogP contribution in [0.4, 0.5) is 0 Å². The summed E-state index contributed by atoms with van der Waals surface area (Å²) in [5.41, 5.74) is 3.09. The summed E-state index contributed by atoms with van der Waals surface area (Å²) in [6.07, 6.45) is 2.55. The molecule has 156 valence electrons. The summed E-state index contributed by atoms with van der Waals surface area (Å²) < 4.78 is 2.01. The molecule has 0 aliphatic heterocycles. The van der Waals surface area contributed by atoms with Crippen LogP contribution >= 0.6 is 11.8 Å². The van der Waals surface area contributed by atoms with Gasteiger partial charge in [0.05, 0.1) is 12.3 Å². The van der Waals surface area contributed by atoms with E-state index < -0.39 is 0 Å². The molecule has 0 fully saturated rings. The lowest BCUT2D eigenvalue weighted by molar-refractivity contribution is -0.118. The van der Waals surface area contributed by atoms with Gasteiger partial charge in [-0.15, -0.1) is 10.2 Å². The minimum atomic E-state index is -0.0189. The first-order valence-electron chi connectivity index (χ1n) is 10.1. The van der Waals surface area contributed by atoms with E-state index in [9.17, 15) is 4.79 Å². The van der Waals surface area contributed by atoms with E-state index in [1.54, 1.807) is 6.20 Å². The molecule has 1 amide bonds. The van der Waals surface area contributed by atoms with E-state index in [0.717, 1.165) is 17.7 Å². The molecule has 2 aromatic carbocycles. The number of hydrogen-bond acceptors (Lipinski definition) is 5. The van der Waals surface area contributed by atoms with Crippen LogP contribution in [0, 0.1) is 0 Å². The summed E-state index contributed by atoms with van der Waals surface area (Å²) in [6.45, 7) is 1.22. The van der Waals surface area contributed by atoms with Crippen molar-refractivity contribution in [3.8, 4) is 11.5 Å². The van der Waals surface area contributed by atoms with Crippen LogP contribution < -0.4 is 5.32 Å². The highest BCUT2D eigenvalue weighted by Crippen LogP contribution is 2.24. The van der Waals surface area contributed by atoms with Crippen molar-refractivity contribution in [2.45, 2.75) is 18.1 Å². The number of benzene rings is 2. The molecule has 0 unspecified atom stereocenters. The quantitative estimate of drug-likeness (QED) is 0.409. The van der Waals surface area contributed by atoms with Crippen LogP contribution in [-0.2, 0) is 17.8 Å². The molecule has 0 aliphatic rings. The number of nitrogens with one attached hydrogen (secondary N) is 1. The number of amides is 1. The first-order valence-corrected chi connectivity index (χ1v) is 11.1. The Labute approximate surface area is 185 Å². The summed E-state index contributed by atoms with van der Waals surface area (Å²) in [7, 11) is 0. The fourth-order valence-electron chi connectivity index (χ4n) is 3.16. The smallest absolute Gasteiger partial charge is 0.230 e. The van der Waals surface area contributed by atoms with Crippen LogP contribution in [0.25, 0.3) is 11.5 Å². The number of hydrogen-bond donors (Lipinski definition) is 1. The van der Waals surface area contributed by atoms with Crippen LogP contribution in [0.3, 0.4) is 0 Å². The minimum absolute atomic E-state index is 0.0189. The molecule has 4 rings (SSSR count). The largest absolute Gasteiger partial charge is 0.355 e. The SMILES string of the molecule is O=C(CSc1nnc(-c2ccccn2)n1Cc1ccccc1)NCCc1ccccc1. The molecule has 31 heavy (non-hydrogen) atoms. The summed E-state index contributed by atoms with van der Waals surface area (Å²) in [5.74, 6) is 0.954. The zero-order valence-electron chi connectivity index (χ0n) is 17.0. The second kappa shape index (κ2) is 10.5. The van der Waals surface area contributed by atoms with Crippen molar-refractivity contribution in [1.82, 2.24) is 25.1 Å². The third-order valence-corrected chi connectivity index (χ3v) is 5.67. The van der Waals surface area contributed by atoms with Crippen LogP contribution in [0.2, 0.25) is 0 Å². The van der Waals surface area contributed by atoms with E-state index in [4.69, 9.17) is 0 Å². The second-order valence-electron chi connectivity index (χ2n) is 6.97. The number of thioether (sulfide) groups is 1. The molecule has 0 atom stereocenters. The van der Waals surface area contributed by atoms with Gasteiger partial charge in [-0.2, -0.15) is 0 Å². The van der Waals surface area contributed by atoms with Crippen LogP contribution in [-0.4, -0.2) is 38.0 Å². The maximum Gasteiger partial charge on any atom is 0.230 e. The van der Waals surface area contributed by atoms with Crippen LogP contribution in [0.1, 0.15) is 11.1 Å². The zero-order valence-corrected chi connectivity index (χ0v) is 17.8. The molecule has 0 radical (unpaired) electrons. The Hall–Kier alpha value is -3.45. The lowest BCUT2D eigenvalue weighted by Gasteiger charge is -2.10. The molecular weight excluding hydrogens is 406 g/mol. The van der Waals surface area contributed by atoms with Gasteiger partial charge >= 0.3 is 0 Å². The van der Waals surface area contributed by atoms with Gasteiger partial charge in [-0.25, -0.2) is 0 Å². The van der Waals surface area contributed by atoms with E-state index in [1.165, 1.54) is 17.3 Å². The highest BCUT2D eigenvalue weighted by Gasteiger charge is 2.16. The van der Waals surface area contributed by atoms with E-state index >= 15 is 0 Å². The van der Waals surface area contributed by atoms with Crippen molar-refractivity contribution < 1.29 is 4.79 Å². The maximum absolute atomic E-state index is 12.4. The summed E-state index contributed by atoms with van der Waals surface area (Å²) in [4.78, 5) is 16.8. The number of aromatic nitrogens is 4. The Morgan fingerprint density at radius 3 is 2.29 bits per heavy atom. The maximum atomic E-state index is 12.4. The normalized spacial score (nSPS) is 10.7. The summed E-state index contributed by atoms with van der Waals surface area (Å²) >= 11 is 1.39. The summed E-state index contributed by atoms with van der Waals surface area (Å²) in [5, 5.41) is 12.4. The van der Waals surface area contributed by atoms with E-state index in [2.05, 4.69) is 44.8 Å². The fourth-order valence-corrected chi connectivity index (χ4v) is 3.93. The van der Waals surface area contributed by atoms with Gasteiger partial charge in [-0.05, 0) is 29.7 Å². The molecule has 2 heterocycles.